The van der Waals surface area contributed by atoms with Crippen LogP contribution in [0.4, 0.5) is 0 Å². The molecule has 0 aromatic carbocycles. The first kappa shape index (κ1) is 10.2. The maximum absolute atomic E-state index is 4.31. The van der Waals surface area contributed by atoms with E-state index >= 15 is 0 Å². The van der Waals surface area contributed by atoms with Crippen LogP contribution in [0.3, 0.4) is 0 Å². The number of hydrogen-bond donors (Lipinski definition) is 0. The monoisotopic (exact) mass is 178 g/mol. The van der Waals surface area contributed by atoms with Gasteiger partial charge in [0, 0.05) is 12.7 Å². The Balaban J connectivity index is 2.46. The van der Waals surface area contributed by atoms with E-state index in [1.54, 1.807) is 0 Å². The summed E-state index contributed by atoms with van der Waals surface area (Å²) in [5.41, 5.74) is 1.16. The predicted octanol–water partition coefficient (Wildman–Crippen LogP) is 2.31. The molecule has 72 valence electrons. The van der Waals surface area contributed by atoms with Gasteiger partial charge in [-0.25, -0.2) is 0 Å². The van der Waals surface area contributed by atoms with Crippen LogP contribution in [0.25, 0.3) is 0 Å². The lowest BCUT2D eigenvalue weighted by atomic mass is 10.3. The lowest BCUT2D eigenvalue weighted by Crippen LogP contribution is -2.23. The Morgan fingerprint density at radius 1 is 1.31 bits per heavy atom. The highest BCUT2D eigenvalue weighted by Crippen LogP contribution is 2.00. The van der Waals surface area contributed by atoms with Crippen LogP contribution in [-0.2, 0) is 6.54 Å². The third kappa shape index (κ3) is 3.55. The maximum Gasteiger partial charge on any atom is 0.0543 e. The van der Waals surface area contributed by atoms with Crippen LogP contribution in [0, 0.1) is 0 Å². The normalized spacial score (nSPS) is 10.7. The summed E-state index contributed by atoms with van der Waals surface area (Å²) in [6, 6.07) is 6.08. The van der Waals surface area contributed by atoms with E-state index in [9.17, 15) is 0 Å². The molecule has 0 saturated heterocycles. The molecule has 0 radical (unpaired) electrons. The van der Waals surface area contributed by atoms with Gasteiger partial charge in [-0.05, 0) is 31.6 Å². The highest BCUT2D eigenvalue weighted by Gasteiger charge is 2.01. The Morgan fingerprint density at radius 3 is 2.69 bits per heavy atom. The molecule has 0 bridgehead atoms. The minimum absolute atomic E-state index is 0.977. The molecular weight excluding hydrogens is 160 g/mol. The zero-order chi connectivity index (χ0) is 9.52. The molecule has 0 unspecified atom stereocenters. The second kappa shape index (κ2) is 5.70. The first-order valence-corrected chi connectivity index (χ1v) is 4.99. The second-order valence-corrected chi connectivity index (χ2v) is 3.19. The smallest absolute Gasteiger partial charge is 0.0543 e. The fourth-order valence-electron chi connectivity index (χ4n) is 1.39. The summed E-state index contributed by atoms with van der Waals surface area (Å²) in [5, 5.41) is 0. The standard InChI is InChI=1S/C11H18N2/c1-3-9-13(4-2)10-11-7-5-6-8-12-11/h5-8H,3-4,9-10H2,1-2H3. The van der Waals surface area contributed by atoms with Crippen LogP contribution in [0.1, 0.15) is 26.0 Å². The summed E-state index contributed by atoms with van der Waals surface area (Å²) in [4.78, 5) is 6.71. The number of aromatic nitrogens is 1. The van der Waals surface area contributed by atoms with Crippen LogP contribution >= 0.6 is 0 Å². The molecule has 0 aliphatic rings. The van der Waals surface area contributed by atoms with E-state index in [1.807, 2.05) is 18.3 Å². The van der Waals surface area contributed by atoms with Gasteiger partial charge in [-0.2, -0.15) is 0 Å². The van der Waals surface area contributed by atoms with Gasteiger partial charge in [0.2, 0.25) is 0 Å². The van der Waals surface area contributed by atoms with Crippen molar-refractivity contribution in [2.75, 3.05) is 13.1 Å². The van der Waals surface area contributed by atoms with Crippen molar-refractivity contribution >= 4 is 0 Å². The van der Waals surface area contributed by atoms with Gasteiger partial charge in [0.05, 0.1) is 5.69 Å². The Bertz CT molecular complexity index is 221. The van der Waals surface area contributed by atoms with Crippen molar-refractivity contribution in [3.05, 3.63) is 30.1 Å². The van der Waals surface area contributed by atoms with Crippen molar-refractivity contribution in [1.29, 1.82) is 0 Å². The molecule has 0 aliphatic heterocycles. The van der Waals surface area contributed by atoms with Crippen LogP contribution in [-0.4, -0.2) is 23.0 Å². The summed E-state index contributed by atoms with van der Waals surface area (Å²) < 4.78 is 0. The molecule has 1 aromatic rings. The van der Waals surface area contributed by atoms with Crippen LogP contribution < -0.4 is 0 Å². The number of pyridine rings is 1. The average molecular weight is 178 g/mol. The zero-order valence-electron chi connectivity index (χ0n) is 8.53. The molecule has 0 saturated carbocycles. The van der Waals surface area contributed by atoms with Crippen molar-refractivity contribution in [2.24, 2.45) is 0 Å². The molecule has 2 nitrogen and oxygen atoms in total. The molecule has 0 amide bonds. The fraction of sp³-hybridized carbons (Fsp3) is 0.545. The van der Waals surface area contributed by atoms with E-state index in [0.717, 1.165) is 25.3 Å². The lowest BCUT2D eigenvalue weighted by Gasteiger charge is -2.18. The molecule has 2 heteroatoms. The first-order valence-electron chi connectivity index (χ1n) is 4.99. The Hall–Kier alpha value is -0.890. The van der Waals surface area contributed by atoms with E-state index < -0.39 is 0 Å². The van der Waals surface area contributed by atoms with Crippen molar-refractivity contribution in [2.45, 2.75) is 26.8 Å². The molecule has 0 spiro atoms. The maximum atomic E-state index is 4.31. The minimum atomic E-state index is 0.977. The van der Waals surface area contributed by atoms with E-state index in [0.29, 0.717) is 0 Å². The third-order valence-corrected chi connectivity index (χ3v) is 2.10. The van der Waals surface area contributed by atoms with Gasteiger partial charge in [-0.1, -0.05) is 19.9 Å². The molecule has 1 aromatic heterocycles. The molecule has 0 atom stereocenters. The Labute approximate surface area is 80.6 Å². The van der Waals surface area contributed by atoms with Gasteiger partial charge >= 0.3 is 0 Å². The summed E-state index contributed by atoms with van der Waals surface area (Å²) in [5.74, 6) is 0. The molecule has 1 heterocycles. The Morgan fingerprint density at radius 2 is 2.15 bits per heavy atom. The van der Waals surface area contributed by atoms with Gasteiger partial charge in [-0.3, -0.25) is 9.88 Å². The number of rotatable bonds is 5. The molecule has 1 rings (SSSR count). The highest BCUT2D eigenvalue weighted by atomic mass is 15.1. The van der Waals surface area contributed by atoms with Crippen molar-refractivity contribution in [1.82, 2.24) is 9.88 Å². The quantitative estimate of drug-likeness (QED) is 0.688. The highest BCUT2D eigenvalue weighted by molar-refractivity contribution is 5.03. The van der Waals surface area contributed by atoms with Crippen LogP contribution in [0.2, 0.25) is 0 Å². The summed E-state index contributed by atoms with van der Waals surface area (Å²) >= 11 is 0. The van der Waals surface area contributed by atoms with Crippen molar-refractivity contribution in [3.63, 3.8) is 0 Å². The van der Waals surface area contributed by atoms with E-state index in [4.69, 9.17) is 0 Å². The predicted molar refractivity (Wildman–Crippen MR) is 55.5 cm³/mol. The van der Waals surface area contributed by atoms with E-state index in [1.165, 1.54) is 6.42 Å². The Kier molecular flexibility index (Phi) is 4.47. The minimum Gasteiger partial charge on any atom is -0.298 e. The summed E-state index contributed by atoms with van der Waals surface area (Å²) in [6.45, 7) is 7.64. The first-order chi connectivity index (χ1) is 6.36. The third-order valence-electron chi connectivity index (χ3n) is 2.10. The number of nitrogens with zero attached hydrogens (tertiary/aromatic N) is 2. The largest absolute Gasteiger partial charge is 0.298 e. The van der Waals surface area contributed by atoms with Crippen molar-refractivity contribution < 1.29 is 0 Å². The second-order valence-electron chi connectivity index (χ2n) is 3.19. The van der Waals surface area contributed by atoms with Crippen LogP contribution in [0.15, 0.2) is 24.4 Å². The van der Waals surface area contributed by atoms with Crippen molar-refractivity contribution in [3.8, 4) is 0 Å². The van der Waals surface area contributed by atoms with Gasteiger partial charge in [0.1, 0.15) is 0 Å². The average Bonchev–Trinajstić information content (AvgIpc) is 2.19. The summed E-state index contributed by atoms with van der Waals surface area (Å²) in [7, 11) is 0. The van der Waals surface area contributed by atoms with Gasteiger partial charge in [0.25, 0.3) is 0 Å². The van der Waals surface area contributed by atoms with Gasteiger partial charge < -0.3 is 0 Å². The molecule has 0 fully saturated rings. The topological polar surface area (TPSA) is 16.1 Å². The lowest BCUT2D eigenvalue weighted by molar-refractivity contribution is 0.277. The van der Waals surface area contributed by atoms with E-state index in [2.05, 4.69) is 29.8 Å². The molecular formula is C11H18N2. The number of hydrogen-bond acceptors (Lipinski definition) is 2. The summed E-state index contributed by atoms with van der Waals surface area (Å²) in [6.07, 6.45) is 3.07. The molecule has 0 N–H and O–H groups in total. The van der Waals surface area contributed by atoms with E-state index in [-0.39, 0.29) is 0 Å². The fourth-order valence-corrected chi connectivity index (χ4v) is 1.39. The van der Waals surface area contributed by atoms with Crippen LogP contribution in [0.5, 0.6) is 0 Å². The van der Waals surface area contributed by atoms with Gasteiger partial charge in [0.15, 0.2) is 0 Å². The molecule has 0 aliphatic carbocycles. The SMILES string of the molecule is CCCN(CC)Cc1ccccn1. The molecule has 13 heavy (non-hydrogen) atoms. The van der Waals surface area contributed by atoms with Gasteiger partial charge in [-0.15, -0.1) is 0 Å². The zero-order valence-corrected chi connectivity index (χ0v) is 8.53.